The molecule has 2 heterocycles. The van der Waals surface area contributed by atoms with Gasteiger partial charge in [-0.1, -0.05) is 134 Å². The average Bonchev–Trinajstić information content (AvgIpc) is 3.53. The van der Waals surface area contributed by atoms with Crippen LogP contribution in [0, 0.1) is 0 Å². The second kappa shape index (κ2) is 16.4. The van der Waals surface area contributed by atoms with Crippen molar-refractivity contribution < 1.29 is 32.5 Å². The summed E-state index contributed by atoms with van der Waals surface area (Å²) in [7, 11) is -4.14. The number of fused-ring (bicyclic) bond motifs is 1. The molecule has 1 aliphatic heterocycles. The van der Waals surface area contributed by atoms with Gasteiger partial charge < -0.3 is 24.1 Å². The van der Waals surface area contributed by atoms with Crippen LogP contribution in [-0.4, -0.2) is 48.5 Å². The lowest BCUT2D eigenvalue weighted by molar-refractivity contribution is -0.264. The number of aliphatic hydroxyl groups is 1. The average molecular weight is 718 g/mol. The molecule has 52 heavy (non-hydrogen) atoms. The third kappa shape index (κ3) is 7.61. The lowest BCUT2D eigenvalue weighted by Crippen LogP contribution is -2.58. The summed E-state index contributed by atoms with van der Waals surface area (Å²) >= 11 is 0. The number of ether oxygens (including phenoxy) is 4. The van der Waals surface area contributed by atoms with E-state index in [4.69, 9.17) is 18.9 Å². The van der Waals surface area contributed by atoms with Crippen molar-refractivity contribution in [2.75, 3.05) is 6.61 Å². The summed E-state index contributed by atoms with van der Waals surface area (Å²) in [5.74, 6) is 0. The van der Waals surface area contributed by atoms with Crippen molar-refractivity contribution in [2.24, 2.45) is 0 Å². The Labute approximate surface area is 305 Å². The molecule has 0 saturated carbocycles. The largest absolute Gasteiger partial charge is 0.387 e. The van der Waals surface area contributed by atoms with Crippen molar-refractivity contribution in [3.8, 4) is 0 Å². The molecular weight excluding hydrogens is 675 g/mol. The Morgan fingerprint density at radius 1 is 0.654 bits per heavy atom. The maximum atomic E-state index is 14.6. The van der Waals surface area contributed by atoms with E-state index in [1.807, 2.05) is 116 Å². The van der Waals surface area contributed by atoms with Crippen molar-refractivity contribution in [3.05, 3.63) is 174 Å². The summed E-state index contributed by atoms with van der Waals surface area (Å²) in [5.41, 5.74) is 4.51. The molecule has 1 aromatic heterocycles. The van der Waals surface area contributed by atoms with Gasteiger partial charge in [0.1, 0.15) is 30.5 Å². The van der Waals surface area contributed by atoms with Crippen LogP contribution in [0.4, 0.5) is 0 Å². The molecular formula is C43H43NO7S. The summed E-state index contributed by atoms with van der Waals surface area (Å²) < 4.78 is 57.0. The number of aromatic nitrogens is 1. The van der Waals surface area contributed by atoms with Crippen LogP contribution >= 0.6 is 0 Å². The van der Waals surface area contributed by atoms with Gasteiger partial charge in [0.15, 0.2) is 0 Å². The molecule has 0 unspecified atom stereocenters. The minimum atomic E-state index is -4.14. The molecule has 268 valence electrons. The predicted molar refractivity (Wildman–Crippen MR) is 200 cm³/mol. The van der Waals surface area contributed by atoms with Gasteiger partial charge in [-0.25, -0.2) is 12.4 Å². The zero-order valence-electron chi connectivity index (χ0n) is 29.0. The monoisotopic (exact) mass is 717 g/mol. The Hall–Kier alpha value is -4.61. The molecule has 9 heteroatoms. The normalized spacial score (nSPS) is 20.6. The number of nitrogens with zero attached hydrogens (tertiary/aromatic N) is 1. The van der Waals surface area contributed by atoms with Crippen LogP contribution in [0.3, 0.4) is 0 Å². The molecule has 1 N–H and O–H groups in total. The van der Waals surface area contributed by atoms with Gasteiger partial charge >= 0.3 is 0 Å². The second-order valence-corrected chi connectivity index (χ2v) is 14.7. The first-order valence-corrected chi connectivity index (χ1v) is 19.1. The third-order valence-corrected chi connectivity index (χ3v) is 11.2. The number of para-hydroxylation sites is 1. The summed E-state index contributed by atoms with van der Waals surface area (Å²) in [6.07, 6.45) is -4.34. The van der Waals surface area contributed by atoms with Crippen molar-refractivity contribution >= 4 is 20.9 Å². The lowest BCUT2D eigenvalue weighted by Gasteiger charge is -2.45. The Bertz CT molecular complexity index is 2140. The molecule has 0 aliphatic carbocycles. The Kier molecular flexibility index (Phi) is 11.3. The van der Waals surface area contributed by atoms with Crippen LogP contribution in [0.25, 0.3) is 10.9 Å². The first-order chi connectivity index (χ1) is 25.5. The van der Waals surface area contributed by atoms with Crippen LogP contribution in [0.15, 0.2) is 150 Å². The van der Waals surface area contributed by atoms with Gasteiger partial charge in [0.25, 0.3) is 10.0 Å². The topological polar surface area (TPSA) is 96.2 Å². The van der Waals surface area contributed by atoms with Gasteiger partial charge in [0.2, 0.25) is 0 Å². The van der Waals surface area contributed by atoms with E-state index in [1.54, 1.807) is 36.4 Å². The van der Waals surface area contributed by atoms with Crippen LogP contribution in [0.1, 0.15) is 41.0 Å². The summed E-state index contributed by atoms with van der Waals surface area (Å²) in [6, 6.07) is 45.1. The van der Waals surface area contributed by atoms with Crippen LogP contribution in [0.2, 0.25) is 0 Å². The molecule has 0 radical (unpaired) electrons. The maximum absolute atomic E-state index is 14.6. The molecule has 7 rings (SSSR count). The van der Waals surface area contributed by atoms with Crippen molar-refractivity contribution in [3.63, 3.8) is 0 Å². The van der Waals surface area contributed by atoms with Gasteiger partial charge in [-0.2, -0.15) is 0 Å². The number of aliphatic hydroxyl groups excluding tert-OH is 1. The van der Waals surface area contributed by atoms with Crippen LogP contribution in [0.5, 0.6) is 0 Å². The SMILES string of the molecule is CCc1c([C@H]2O[C@@H](COCc3ccccc3)[C@H](OCc3ccccc3)[C@@H](OCc3ccccc3)[C@H]2O)n(S(=O)(=O)c2ccccc2)c2ccccc12. The van der Waals surface area contributed by atoms with Crippen molar-refractivity contribution in [1.82, 2.24) is 3.97 Å². The van der Waals surface area contributed by atoms with Gasteiger partial charge in [0, 0.05) is 5.39 Å². The standard InChI is InChI=1S/C43H43NO7S/c1-2-35-36-25-15-16-26-37(36)44(52(46,47)34-23-13-6-14-24-34)39(35)42-40(45)43(50-29-33-21-11-5-12-22-33)41(49-28-32-19-9-4-10-20-32)38(51-42)30-48-27-31-17-7-3-8-18-31/h3-26,38,40-43,45H,2,27-30H2,1H3/t38-,40-,41-,42+,43-/m0/s1. The van der Waals surface area contributed by atoms with E-state index in [1.165, 1.54) is 3.97 Å². The number of hydrogen-bond acceptors (Lipinski definition) is 7. The highest BCUT2D eigenvalue weighted by Gasteiger charge is 2.50. The summed E-state index contributed by atoms with van der Waals surface area (Å²) in [4.78, 5) is 0.133. The van der Waals surface area contributed by atoms with E-state index >= 15 is 0 Å². The quantitative estimate of drug-likeness (QED) is 0.124. The van der Waals surface area contributed by atoms with E-state index in [0.717, 1.165) is 27.6 Å². The van der Waals surface area contributed by atoms with Gasteiger partial charge in [-0.15, -0.1) is 0 Å². The molecule has 1 saturated heterocycles. The highest BCUT2D eigenvalue weighted by Crippen LogP contribution is 2.42. The fourth-order valence-electron chi connectivity index (χ4n) is 6.99. The van der Waals surface area contributed by atoms with Gasteiger partial charge in [-0.3, -0.25) is 0 Å². The maximum Gasteiger partial charge on any atom is 0.268 e. The summed E-state index contributed by atoms with van der Waals surface area (Å²) in [6.45, 7) is 2.86. The second-order valence-electron chi connectivity index (χ2n) is 12.9. The zero-order valence-corrected chi connectivity index (χ0v) is 29.8. The Balaban J connectivity index is 1.33. The molecule has 1 fully saturated rings. The molecule has 5 aromatic carbocycles. The minimum absolute atomic E-state index is 0.107. The Morgan fingerprint density at radius 2 is 1.15 bits per heavy atom. The Morgan fingerprint density at radius 3 is 1.73 bits per heavy atom. The first kappa shape index (κ1) is 35.8. The molecule has 0 bridgehead atoms. The lowest BCUT2D eigenvalue weighted by atomic mass is 9.91. The van der Waals surface area contributed by atoms with E-state index in [-0.39, 0.29) is 24.7 Å². The number of aryl methyl sites for hydroxylation is 1. The summed E-state index contributed by atoms with van der Waals surface area (Å²) in [5, 5.41) is 13.3. The van der Waals surface area contributed by atoms with E-state index in [0.29, 0.717) is 24.2 Å². The molecule has 6 aromatic rings. The molecule has 5 atom stereocenters. The fourth-order valence-corrected chi connectivity index (χ4v) is 8.60. The molecule has 8 nitrogen and oxygen atoms in total. The van der Waals surface area contributed by atoms with Crippen LogP contribution < -0.4 is 0 Å². The minimum Gasteiger partial charge on any atom is -0.387 e. The van der Waals surface area contributed by atoms with Crippen LogP contribution in [-0.2, 0) is 55.2 Å². The first-order valence-electron chi connectivity index (χ1n) is 17.6. The van der Waals surface area contributed by atoms with Crippen molar-refractivity contribution in [2.45, 2.75) is 68.6 Å². The fraction of sp³-hybridized carbons (Fsp3) is 0.256. The smallest absolute Gasteiger partial charge is 0.268 e. The highest BCUT2D eigenvalue weighted by atomic mass is 32.2. The van der Waals surface area contributed by atoms with Crippen molar-refractivity contribution in [1.29, 1.82) is 0 Å². The van der Waals surface area contributed by atoms with E-state index in [2.05, 4.69) is 0 Å². The molecule has 0 amide bonds. The van der Waals surface area contributed by atoms with E-state index in [9.17, 15) is 13.5 Å². The zero-order chi connectivity index (χ0) is 35.9. The third-order valence-electron chi connectivity index (χ3n) is 9.50. The van der Waals surface area contributed by atoms with E-state index < -0.39 is 40.5 Å². The van der Waals surface area contributed by atoms with Gasteiger partial charge in [0.05, 0.1) is 42.5 Å². The molecule has 1 aliphatic rings. The number of benzene rings is 5. The highest BCUT2D eigenvalue weighted by molar-refractivity contribution is 7.90. The molecule has 0 spiro atoms. The predicted octanol–water partition coefficient (Wildman–Crippen LogP) is 7.63. The van der Waals surface area contributed by atoms with Gasteiger partial charge in [-0.05, 0) is 46.9 Å². The number of rotatable bonds is 14. The number of hydrogen-bond donors (Lipinski definition) is 1.